The molecule has 1 fully saturated rings. The number of Topliss-reactive ketones (excluding diaryl/α,β-unsaturated/α-hetero) is 1. The quantitative estimate of drug-likeness (QED) is 0.598. The largest absolute Gasteiger partial charge is 0.492 e. The van der Waals surface area contributed by atoms with Crippen LogP contribution in [0.15, 0.2) is 42.5 Å². The number of carbonyl (C=O) groups excluding carboxylic acids is 2. The molecule has 2 aromatic rings. The van der Waals surface area contributed by atoms with E-state index in [1.54, 1.807) is 17.0 Å². The van der Waals surface area contributed by atoms with Gasteiger partial charge in [0.25, 0.3) is 0 Å². The normalized spacial score (nSPS) is 13.9. The number of ether oxygens (including phenoxy) is 1. The van der Waals surface area contributed by atoms with Gasteiger partial charge in [-0.05, 0) is 49.7 Å². The predicted molar refractivity (Wildman–Crippen MR) is 110 cm³/mol. The number of amides is 2. The van der Waals surface area contributed by atoms with Crippen molar-refractivity contribution in [3.63, 3.8) is 0 Å². The van der Waals surface area contributed by atoms with Crippen molar-refractivity contribution in [3.8, 4) is 5.75 Å². The van der Waals surface area contributed by atoms with Crippen LogP contribution in [0, 0.1) is 12.7 Å². The van der Waals surface area contributed by atoms with E-state index in [1.807, 2.05) is 36.1 Å². The number of piperazine rings is 1. The fourth-order valence-corrected chi connectivity index (χ4v) is 3.28. The van der Waals surface area contributed by atoms with Crippen molar-refractivity contribution in [1.82, 2.24) is 10.2 Å². The summed E-state index contributed by atoms with van der Waals surface area (Å²) in [7, 11) is 0. The molecule has 0 radical (unpaired) electrons. The van der Waals surface area contributed by atoms with Gasteiger partial charge < -0.3 is 19.9 Å². The van der Waals surface area contributed by atoms with Gasteiger partial charge >= 0.3 is 6.03 Å². The van der Waals surface area contributed by atoms with Crippen LogP contribution in [0.2, 0.25) is 0 Å². The van der Waals surface area contributed by atoms with Crippen LogP contribution < -0.4 is 15.0 Å². The number of urea groups is 1. The third-order valence-electron chi connectivity index (χ3n) is 4.90. The minimum absolute atomic E-state index is 0.148. The number of hydrogen-bond acceptors (Lipinski definition) is 4. The molecule has 0 atom stereocenters. The van der Waals surface area contributed by atoms with Gasteiger partial charge in [-0.15, -0.1) is 0 Å². The topological polar surface area (TPSA) is 61.9 Å². The molecule has 1 N–H and O–H groups in total. The Morgan fingerprint density at radius 2 is 1.86 bits per heavy atom. The molecule has 2 aromatic carbocycles. The maximum absolute atomic E-state index is 14.3. The molecule has 1 aliphatic heterocycles. The number of aryl methyl sites for hydroxylation is 1. The fourth-order valence-electron chi connectivity index (χ4n) is 3.28. The minimum Gasteiger partial charge on any atom is -0.492 e. The molecule has 7 heteroatoms. The minimum atomic E-state index is -0.413. The third kappa shape index (κ3) is 5.47. The number of halogens is 1. The zero-order chi connectivity index (χ0) is 20.8. The Morgan fingerprint density at radius 3 is 2.52 bits per heavy atom. The van der Waals surface area contributed by atoms with Crippen molar-refractivity contribution in [2.45, 2.75) is 13.8 Å². The number of ketones is 1. The lowest BCUT2D eigenvalue weighted by molar-refractivity contribution is 0.101. The Hall–Kier alpha value is -3.09. The molecule has 154 valence electrons. The zero-order valence-electron chi connectivity index (χ0n) is 16.8. The van der Waals surface area contributed by atoms with Crippen molar-refractivity contribution < 1.29 is 18.7 Å². The van der Waals surface area contributed by atoms with Gasteiger partial charge in [0.15, 0.2) is 5.78 Å². The molecule has 1 aliphatic rings. The first-order chi connectivity index (χ1) is 13.9. The van der Waals surface area contributed by atoms with Gasteiger partial charge in [0.2, 0.25) is 0 Å². The van der Waals surface area contributed by atoms with Crippen LogP contribution in [-0.4, -0.2) is 56.0 Å². The number of anilines is 1. The van der Waals surface area contributed by atoms with E-state index in [0.717, 1.165) is 11.3 Å². The van der Waals surface area contributed by atoms with Gasteiger partial charge in [-0.2, -0.15) is 0 Å². The van der Waals surface area contributed by atoms with E-state index in [0.29, 0.717) is 50.6 Å². The SMILES string of the molecule is CC(=O)c1ccc(N2CCN(C(=O)NCCOc3cccc(C)c3)CC2)c(F)c1. The molecular weight excluding hydrogens is 373 g/mol. The number of benzene rings is 2. The summed E-state index contributed by atoms with van der Waals surface area (Å²) >= 11 is 0. The van der Waals surface area contributed by atoms with E-state index in [1.165, 1.54) is 13.0 Å². The molecule has 2 amide bonds. The molecular formula is C22H26FN3O3. The van der Waals surface area contributed by atoms with Crippen LogP contribution in [0.4, 0.5) is 14.9 Å². The van der Waals surface area contributed by atoms with E-state index in [-0.39, 0.29) is 11.8 Å². The summed E-state index contributed by atoms with van der Waals surface area (Å²) in [4.78, 5) is 27.3. The van der Waals surface area contributed by atoms with Crippen LogP contribution in [0.25, 0.3) is 0 Å². The van der Waals surface area contributed by atoms with Gasteiger partial charge in [-0.25, -0.2) is 9.18 Å². The van der Waals surface area contributed by atoms with Crippen molar-refractivity contribution in [1.29, 1.82) is 0 Å². The van der Waals surface area contributed by atoms with Gasteiger partial charge in [0, 0.05) is 31.7 Å². The smallest absolute Gasteiger partial charge is 0.317 e. The second-order valence-corrected chi connectivity index (χ2v) is 7.09. The summed E-state index contributed by atoms with van der Waals surface area (Å²) in [6.07, 6.45) is 0. The predicted octanol–water partition coefficient (Wildman–Crippen LogP) is 3.25. The lowest BCUT2D eigenvalue weighted by Crippen LogP contribution is -2.52. The van der Waals surface area contributed by atoms with Crippen molar-refractivity contribution in [2.75, 3.05) is 44.2 Å². The highest BCUT2D eigenvalue weighted by atomic mass is 19.1. The molecule has 3 rings (SSSR count). The van der Waals surface area contributed by atoms with Gasteiger partial charge in [-0.3, -0.25) is 4.79 Å². The Bertz CT molecular complexity index is 879. The number of nitrogens with zero attached hydrogens (tertiary/aromatic N) is 2. The van der Waals surface area contributed by atoms with E-state index in [4.69, 9.17) is 4.74 Å². The number of nitrogens with one attached hydrogen (secondary N) is 1. The molecule has 6 nitrogen and oxygen atoms in total. The molecule has 1 saturated heterocycles. The summed E-state index contributed by atoms with van der Waals surface area (Å²) in [6.45, 7) is 6.27. The standard InChI is InChI=1S/C22H26FN3O3/c1-16-4-3-5-19(14-16)29-13-8-24-22(28)26-11-9-25(10-12-26)21-7-6-18(17(2)27)15-20(21)23/h3-7,14-15H,8-13H2,1-2H3,(H,24,28). The van der Waals surface area contributed by atoms with E-state index in [2.05, 4.69) is 5.32 Å². The maximum Gasteiger partial charge on any atom is 0.317 e. The maximum atomic E-state index is 14.3. The highest BCUT2D eigenvalue weighted by Crippen LogP contribution is 2.22. The van der Waals surface area contributed by atoms with E-state index >= 15 is 0 Å². The average Bonchev–Trinajstić information content (AvgIpc) is 2.71. The van der Waals surface area contributed by atoms with Crippen molar-refractivity contribution in [3.05, 3.63) is 59.4 Å². The van der Waals surface area contributed by atoms with Gasteiger partial charge in [0.1, 0.15) is 18.2 Å². The fraction of sp³-hybridized carbons (Fsp3) is 0.364. The van der Waals surface area contributed by atoms with Crippen LogP contribution in [0.3, 0.4) is 0 Å². The lowest BCUT2D eigenvalue weighted by atomic mass is 10.1. The first kappa shape index (κ1) is 20.6. The molecule has 29 heavy (non-hydrogen) atoms. The second kappa shape index (κ2) is 9.41. The summed E-state index contributed by atoms with van der Waals surface area (Å²) < 4.78 is 20.0. The zero-order valence-corrected chi connectivity index (χ0v) is 16.8. The number of carbonyl (C=O) groups is 2. The van der Waals surface area contributed by atoms with Crippen LogP contribution in [0.1, 0.15) is 22.8 Å². The molecule has 0 aliphatic carbocycles. The molecule has 0 saturated carbocycles. The lowest BCUT2D eigenvalue weighted by Gasteiger charge is -2.36. The molecule has 0 bridgehead atoms. The first-order valence-corrected chi connectivity index (χ1v) is 9.72. The van der Waals surface area contributed by atoms with Crippen molar-refractivity contribution >= 4 is 17.5 Å². The monoisotopic (exact) mass is 399 g/mol. The highest BCUT2D eigenvalue weighted by molar-refractivity contribution is 5.94. The first-order valence-electron chi connectivity index (χ1n) is 9.72. The van der Waals surface area contributed by atoms with E-state index in [9.17, 15) is 14.0 Å². The van der Waals surface area contributed by atoms with Crippen LogP contribution in [0.5, 0.6) is 5.75 Å². The van der Waals surface area contributed by atoms with Crippen LogP contribution in [-0.2, 0) is 0 Å². The summed E-state index contributed by atoms with van der Waals surface area (Å²) in [5.74, 6) is 0.206. The average molecular weight is 399 g/mol. The number of hydrogen-bond donors (Lipinski definition) is 1. The Kier molecular flexibility index (Phi) is 6.69. The molecule has 0 aromatic heterocycles. The number of rotatable bonds is 6. The third-order valence-corrected chi connectivity index (χ3v) is 4.90. The van der Waals surface area contributed by atoms with Crippen LogP contribution >= 0.6 is 0 Å². The van der Waals surface area contributed by atoms with Gasteiger partial charge in [0.05, 0.1) is 12.2 Å². The van der Waals surface area contributed by atoms with E-state index < -0.39 is 5.82 Å². The molecule has 0 unspecified atom stereocenters. The Labute approximate surface area is 170 Å². The molecule has 1 heterocycles. The summed E-state index contributed by atoms with van der Waals surface area (Å²) in [5.41, 5.74) is 1.94. The molecule has 0 spiro atoms. The highest BCUT2D eigenvalue weighted by Gasteiger charge is 2.23. The summed E-state index contributed by atoms with van der Waals surface area (Å²) in [5, 5.41) is 2.86. The van der Waals surface area contributed by atoms with Crippen molar-refractivity contribution in [2.24, 2.45) is 0 Å². The Balaban J connectivity index is 1.43. The Morgan fingerprint density at radius 1 is 1.10 bits per heavy atom. The summed E-state index contributed by atoms with van der Waals surface area (Å²) in [6, 6.07) is 12.1. The van der Waals surface area contributed by atoms with Gasteiger partial charge in [-0.1, -0.05) is 12.1 Å². The second-order valence-electron chi connectivity index (χ2n) is 7.09.